The van der Waals surface area contributed by atoms with Crippen LogP contribution in [-0.4, -0.2) is 89.0 Å². The van der Waals surface area contributed by atoms with Gasteiger partial charge >= 0.3 is 5.97 Å². The van der Waals surface area contributed by atoms with Gasteiger partial charge in [-0.05, 0) is 62.2 Å². The maximum Gasteiger partial charge on any atom is 0.326 e. The Morgan fingerprint density at radius 3 is 1.40 bits per heavy atom. The summed E-state index contributed by atoms with van der Waals surface area (Å²) in [5.41, 5.74) is 5.58. The first-order chi connectivity index (χ1) is 14.2. The summed E-state index contributed by atoms with van der Waals surface area (Å²) in [7, 11) is 0. The number of nitrogens with one attached hydrogen (secondary N) is 3. The Hall–Kier alpha value is -1.11. The molecule has 0 rings (SSSR count). The van der Waals surface area contributed by atoms with Crippen LogP contribution in [0.5, 0.6) is 0 Å². The number of hydrogen-bond donors (Lipinski definition) is 5. The number of carboxylic acid groups (broad SMARTS) is 1. The summed E-state index contributed by atoms with van der Waals surface area (Å²) in [4.78, 5) is 48.9. The minimum atomic E-state index is -1.12. The number of thioether (sulfide) groups is 3. The fraction of sp³-hybridized carbons (Fsp3) is 0.778. The zero-order chi connectivity index (χ0) is 23.1. The summed E-state index contributed by atoms with van der Waals surface area (Å²) in [6.07, 6.45) is 6.62. The molecule has 30 heavy (non-hydrogen) atoms. The molecule has 0 bridgehead atoms. The Labute approximate surface area is 191 Å². The Balaban J connectivity index is 5.27. The smallest absolute Gasteiger partial charge is 0.326 e. The van der Waals surface area contributed by atoms with Crippen molar-refractivity contribution in [1.82, 2.24) is 16.0 Å². The van der Waals surface area contributed by atoms with E-state index >= 15 is 0 Å². The summed E-state index contributed by atoms with van der Waals surface area (Å²) in [6.45, 7) is 1.52. The molecule has 0 radical (unpaired) electrons. The lowest BCUT2D eigenvalue weighted by molar-refractivity contribution is -0.142. The Morgan fingerprint density at radius 1 is 0.733 bits per heavy atom. The first-order valence-electron chi connectivity index (χ1n) is 9.54. The molecule has 0 aliphatic carbocycles. The number of carbonyl (C=O) groups is 4. The summed E-state index contributed by atoms with van der Waals surface area (Å²) in [5, 5.41) is 17.2. The van der Waals surface area contributed by atoms with Gasteiger partial charge in [-0.2, -0.15) is 35.3 Å². The van der Waals surface area contributed by atoms with Gasteiger partial charge in [0.2, 0.25) is 17.7 Å². The zero-order valence-corrected chi connectivity index (χ0v) is 20.4. The van der Waals surface area contributed by atoms with Gasteiger partial charge in [0.15, 0.2) is 0 Å². The maximum atomic E-state index is 12.8. The maximum absolute atomic E-state index is 12.8. The standard InChI is InChI=1S/C18H34N4O5S3/c1-11(19)15(23)20-12(5-8-28-2)16(24)21-13(6-9-29-3)17(25)22-14(18(26)27)7-10-30-4/h11-14H,5-10,19H2,1-4H3,(H,20,23)(H,21,24)(H,22,25)(H,26,27). The van der Waals surface area contributed by atoms with Gasteiger partial charge in [0, 0.05) is 0 Å². The third-order valence-electron chi connectivity index (χ3n) is 4.13. The molecule has 0 aliphatic heterocycles. The number of hydrogen-bond acceptors (Lipinski definition) is 8. The first-order valence-corrected chi connectivity index (χ1v) is 13.7. The van der Waals surface area contributed by atoms with Crippen molar-refractivity contribution in [2.75, 3.05) is 36.0 Å². The van der Waals surface area contributed by atoms with E-state index in [1.165, 1.54) is 42.2 Å². The van der Waals surface area contributed by atoms with E-state index in [1.807, 2.05) is 18.8 Å². The number of carboxylic acids is 1. The van der Waals surface area contributed by atoms with E-state index in [4.69, 9.17) is 5.73 Å². The SMILES string of the molecule is CSCCC(NC(=O)C(CCSC)NC(=O)C(CCSC)NC(=O)C(C)N)C(=O)O. The molecule has 12 heteroatoms. The molecular weight excluding hydrogens is 448 g/mol. The van der Waals surface area contributed by atoms with Crippen LogP contribution < -0.4 is 21.7 Å². The molecule has 9 nitrogen and oxygen atoms in total. The lowest BCUT2D eigenvalue weighted by atomic mass is 10.1. The molecule has 0 aromatic heterocycles. The normalized spacial score (nSPS) is 14.8. The number of nitrogens with two attached hydrogens (primary N) is 1. The second-order valence-electron chi connectivity index (χ2n) is 6.65. The molecule has 0 spiro atoms. The van der Waals surface area contributed by atoms with E-state index in [0.29, 0.717) is 30.1 Å². The quantitative estimate of drug-likeness (QED) is 0.207. The Bertz CT molecular complexity index is 566. The molecule has 4 atom stereocenters. The van der Waals surface area contributed by atoms with Crippen molar-refractivity contribution >= 4 is 59.0 Å². The summed E-state index contributed by atoms with van der Waals surface area (Å²) in [6, 6.07) is -3.51. The van der Waals surface area contributed by atoms with Gasteiger partial charge in [-0.3, -0.25) is 14.4 Å². The highest BCUT2D eigenvalue weighted by molar-refractivity contribution is 7.98. The van der Waals surface area contributed by atoms with Crippen molar-refractivity contribution in [3.05, 3.63) is 0 Å². The number of rotatable bonds is 16. The molecule has 4 unspecified atom stereocenters. The van der Waals surface area contributed by atoms with Crippen LogP contribution in [0.25, 0.3) is 0 Å². The molecule has 174 valence electrons. The van der Waals surface area contributed by atoms with Crippen LogP contribution in [0.2, 0.25) is 0 Å². The predicted molar refractivity (Wildman–Crippen MR) is 126 cm³/mol. The molecule has 0 saturated carbocycles. The fourth-order valence-corrected chi connectivity index (χ4v) is 3.76. The van der Waals surface area contributed by atoms with Crippen molar-refractivity contribution in [3.63, 3.8) is 0 Å². The second-order valence-corrected chi connectivity index (χ2v) is 9.61. The van der Waals surface area contributed by atoms with E-state index in [2.05, 4.69) is 16.0 Å². The monoisotopic (exact) mass is 482 g/mol. The molecule has 0 aliphatic rings. The van der Waals surface area contributed by atoms with Crippen molar-refractivity contribution in [2.45, 2.75) is 50.4 Å². The summed E-state index contributed by atoms with van der Waals surface area (Å²) in [5.74, 6) is -0.793. The molecule has 0 aromatic rings. The van der Waals surface area contributed by atoms with E-state index in [1.54, 1.807) is 0 Å². The number of amides is 3. The van der Waals surface area contributed by atoms with E-state index < -0.39 is 47.9 Å². The van der Waals surface area contributed by atoms with E-state index in [-0.39, 0.29) is 6.42 Å². The molecule has 0 heterocycles. The van der Waals surface area contributed by atoms with Crippen LogP contribution in [0.15, 0.2) is 0 Å². The summed E-state index contributed by atoms with van der Waals surface area (Å²) >= 11 is 4.53. The minimum absolute atomic E-state index is 0.284. The average molecular weight is 483 g/mol. The van der Waals surface area contributed by atoms with Crippen LogP contribution in [0, 0.1) is 0 Å². The van der Waals surface area contributed by atoms with Crippen molar-refractivity contribution in [1.29, 1.82) is 0 Å². The van der Waals surface area contributed by atoms with Crippen molar-refractivity contribution < 1.29 is 24.3 Å². The molecule has 0 saturated heterocycles. The van der Waals surface area contributed by atoms with Gasteiger partial charge in [0.05, 0.1) is 6.04 Å². The first kappa shape index (κ1) is 28.9. The van der Waals surface area contributed by atoms with Crippen LogP contribution >= 0.6 is 35.3 Å². The zero-order valence-electron chi connectivity index (χ0n) is 17.9. The Kier molecular flexibility index (Phi) is 16.0. The van der Waals surface area contributed by atoms with E-state index in [0.717, 1.165) is 0 Å². The third-order valence-corrected chi connectivity index (χ3v) is 6.06. The van der Waals surface area contributed by atoms with Crippen molar-refractivity contribution in [3.8, 4) is 0 Å². The fourth-order valence-electron chi connectivity index (χ4n) is 2.35. The highest BCUT2D eigenvalue weighted by atomic mass is 32.2. The predicted octanol–water partition coefficient (Wildman–Crippen LogP) is 0.132. The largest absolute Gasteiger partial charge is 0.480 e. The van der Waals surface area contributed by atoms with Crippen LogP contribution in [0.4, 0.5) is 0 Å². The lowest BCUT2D eigenvalue weighted by Gasteiger charge is -2.24. The summed E-state index contributed by atoms with van der Waals surface area (Å²) < 4.78 is 0. The topological polar surface area (TPSA) is 151 Å². The molecule has 3 amide bonds. The van der Waals surface area contributed by atoms with E-state index in [9.17, 15) is 24.3 Å². The van der Waals surface area contributed by atoms with Gasteiger partial charge in [0.1, 0.15) is 18.1 Å². The van der Waals surface area contributed by atoms with Crippen LogP contribution in [0.1, 0.15) is 26.2 Å². The Morgan fingerprint density at radius 2 is 1.07 bits per heavy atom. The van der Waals surface area contributed by atoms with Gasteiger partial charge < -0.3 is 26.8 Å². The van der Waals surface area contributed by atoms with Crippen LogP contribution in [0.3, 0.4) is 0 Å². The van der Waals surface area contributed by atoms with Crippen molar-refractivity contribution in [2.24, 2.45) is 5.73 Å². The van der Waals surface area contributed by atoms with Gasteiger partial charge in [-0.1, -0.05) is 0 Å². The molecule has 0 aromatic carbocycles. The second kappa shape index (κ2) is 16.6. The molecular formula is C18H34N4O5S3. The number of aliphatic carboxylic acids is 1. The number of carbonyl (C=O) groups excluding carboxylic acids is 3. The molecule has 0 fully saturated rings. The van der Waals surface area contributed by atoms with Gasteiger partial charge in [0.25, 0.3) is 0 Å². The third kappa shape index (κ3) is 11.9. The average Bonchev–Trinajstić information content (AvgIpc) is 2.70. The lowest BCUT2D eigenvalue weighted by Crippen LogP contribution is -2.57. The highest BCUT2D eigenvalue weighted by Gasteiger charge is 2.29. The van der Waals surface area contributed by atoms with Gasteiger partial charge in [-0.25, -0.2) is 4.79 Å². The highest BCUT2D eigenvalue weighted by Crippen LogP contribution is 2.07. The molecule has 6 N–H and O–H groups in total. The van der Waals surface area contributed by atoms with Crippen LogP contribution in [-0.2, 0) is 19.2 Å². The minimum Gasteiger partial charge on any atom is -0.480 e. The van der Waals surface area contributed by atoms with Gasteiger partial charge in [-0.15, -0.1) is 0 Å².